The normalized spacial score (nSPS) is 15.0. The van der Waals surface area contributed by atoms with E-state index in [2.05, 4.69) is 15.5 Å². The maximum atomic E-state index is 12.8. The second kappa shape index (κ2) is 8.02. The standard InChI is InChI=1S/C21H21ClN4O2/c22-16-7-5-14(6-8-16)13-23-20(27)15-9-11-26(12-10-15)21(28)19-17-3-1-2-4-18(17)24-25-19/h1-8,15H,9-13H2,(H,23,27)(H,24,25). The predicted octanol–water partition coefficient (Wildman–Crippen LogP) is 3.38. The number of likely N-dealkylation sites (tertiary alicyclic amines) is 1. The van der Waals surface area contributed by atoms with Gasteiger partial charge in [0.05, 0.1) is 5.52 Å². The monoisotopic (exact) mass is 396 g/mol. The van der Waals surface area contributed by atoms with Gasteiger partial charge in [0.15, 0.2) is 5.69 Å². The number of benzene rings is 2. The molecule has 1 fully saturated rings. The van der Waals surface area contributed by atoms with Crippen LogP contribution in [0.5, 0.6) is 0 Å². The molecular weight excluding hydrogens is 376 g/mol. The number of carbonyl (C=O) groups is 2. The Morgan fingerprint density at radius 1 is 1.11 bits per heavy atom. The van der Waals surface area contributed by atoms with E-state index in [9.17, 15) is 9.59 Å². The van der Waals surface area contributed by atoms with Crippen LogP contribution >= 0.6 is 11.6 Å². The Labute approximate surface area is 167 Å². The maximum absolute atomic E-state index is 12.8. The highest BCUT2D eigenvalue weighted by molar-refractivity contribution is 6.30. The van der Waals surface area contributed by atoms with Gasteiger partial charge in [-0.3, -0.25) is 14.7 Å². The summed E-state index contributed by atoms with van der Waals surface area (Å²) < 4.78 is 0. The Balaban J connectivity index is 1.32. The summed E-state index contributed by atoms with van der Waals surface area (Å²) >= 11 is 5.88. The first-order chi connectivity index (χ1) is 13.6. The number of rotatable bonds is 4. The van der Waals surface area contributed by atoms with Gasteiger partial charge in [0, 0.05) is 36.0 Å². The predicted molar refractivity (Wildman–Crippen MR) is 108 cm³/mol. The molecule has 2 aromatic carbocycles. The highest BCUT2D eigenvalue weighted by Crippen LogP contribution is 2.22. The van der Waals surface area contributed by atoms with Crippen LogP contribution in [0.4, 0.5) is 0 Å². The van der Waals surface area contributed by atoms with Gasteiger partial charge in [-0.2, -0.15) is 5.10 Å². The minimum atomic E-state index is -0.0857. The van der Waals surface area contributed by atoms with Gasteiger partial charge in [0.1, 0.15) is 0 Å². The fraction of sp³-hybridized carbons (Fsp3) is 0.286. The molecule has 4 rings (SSSR count). The second-order valence-corrected chi connectivity index (χ2v) is 7.46. The fourth-order valence-corrected chi connectivity index (χ4v) is 3.68. The number of carbonyl (C=O) groups excluding carboxylic acids is 2. The maximum Gasteiger partial charge on any atom is 0.274 e. The van der Waals surface area contributed by atoms with Crippen LogP contribution < -0.4 is 5.32 Å². The van der Waals surface area contributed by atoms with Gasteiger partial charge in [-0.05, 0) is 36.6 Å². The molecular formula is C21H21ClN4O2. The lowest BCUT2D eigenvalue weighted by atomic mass is 9.95. The smallest absolute Gasteiger partial charge is 0.274 e. The Morgan fingerprint density at radius 2 is 1.82 bits per heavy atom. The molecule has 0 atom stereocenters. The Hall–Kier alpha value is -2.86. The number of para-hydroxylation sites is 1. The molecule has 1 saturated heterocycles. The number of H-pyrrole nitrogens is 1. The molecule has 0 spiro atoms. The number of piperidine rings is 1. The summed E-state index contributed by atoms with van der Waals surface area (Å²) in [5.74, 6) is -0.128. The van der Waals surface area contributed by atoms with Crippen molar-refractivity contribution in [2.45, 2.75) is 19.4 Å². The molecule has 1 aliphatic rings. The third-order valence-corrected chi connectivity index (χ3v) is 5.46. The summed E-state index contributed by atoms with van der Waals surface area (Å²) in [5, 5.41) is 11.6. The van der Waals surface area contributed by atoms with Crippen LogP contribution in [0.3, 0.4) is 0 Å². The first-order valence-electron chi connectivity index (χ1n) is 9.36. The van der Waals surface area contributed by atoms with Gasteiger partial charge in [0.2, 0.25) is 5.91 Å². The molecule has 0 unspecified atom stereocenters. The van der Waals surface area contributed by atoms with Gasteiger partial charge >= 0.3 is 0 Å². The zero-order valence-electron chi connectivity index (χ0n) is 15.3. The molecule has 2 N–H and O–H groups in total. The lowest BCUT2D eigenvalue weighted by Gasteiger charge is -2.31. The highest BCUT2D eigenvalue weighted by atomic mass is 35.5. The number of aromatic nitrogens is 2. The van der Waals surface area contributed by atoms with Crippen molar-refractivity contribution in [3.8, 4) is 0 Å². The van der Waals surface area contributed by atoms with Crippen molar-refractivity contribution in [3.63, 3.8) is 0 Å². The highest BCUT2D eigenvalue weighted by Gasteiger charge is 2.29. The summed E-state index contributed by atoms with van der Waals surface area (Å²) in [5.41, 5.74) is 2.30. The Morgan fingerprint density at radius 3 is 2.57 bits per heavy atom. The zero-order valence-corrected chi connectivity index (χ0v) is 16.1. The van der Waals surface area contributed by atoms with E-state index in [-0.39, 0.29) is 17.7 Å². The van der Waals surface area contributed by atoms with Gasteiger partial charge in [0.25, 0.3) is 5.91 Å². The third-order valence-electron chi connectivity index (χ3n) is 5.21. The summed E-state index contributed by atoms with van der Waals surface area (Å²) in [6, 6.07) is 15.0. The van der Waals surface area contributed by atoms with E-state index >= 15 is 0 Å². The molecule has 3 aromatic rings. The molecule has 1 aliphatic heterocycles. The van der Waals surface area contributed by atoms with Crippen molar-refractivity contribution in [1.29, 1.82) is 0 Å². The average molecular weight is 397 g/mol. The van der Waals surface area contributed by atoms with Crippen molar-refractivity contribution in [3.05, 3.63) is 64.8 Å². The number of hydrogen-bond acceptors (Lipinski definition) is 3. The Kier molecular flexibility index (Phi) is 5.30. The fourth-order valence-electron chi connectivity index (χ4n) is 3.56. The quantitative estimate of drug-likeness (QED) is 0.709. The van der Waals surface area contributed by atoms with Crippen molar-refractivity contribution in [1.82, 2.24) is 20.4 Å². The SMILES string of the molecule is O=C(NCc1ccc(Cl)cc1)C1CCN(C(=O)c2n[nH]c3ccccc23)CC1. The van der Waals surface area contributed by atoms with Crippen molar-refractivity contribution in [2.75, 3.05) is 13.1 Å². The van der Waals surface area contributed by atoms with Crippen LogP contribution in [0.1, 0.15) is 28.9 Å². The number of hydrogen-bond donors (Lipinski definition) is 2. The molecule has 144 valence electrons. The van der Waals surface area contributed by atoms with Crippen LogP contribution in [0.15, 0.2) is 48.5 Å². The minimum Gasteiger partial charge on any atom is -0.352 e. The van der Waals surface area contributed by atoms with Crippen molar-refractivity contribution >= 4 is 34.3 Å². The topological polar surface area (TPSA) is 78.1 Å². The molecule has 1 aromatic heterocycles. The van der Waals surface area contributed by atoms with Crippen LogP contribution in [0.2, 0.25) is 5.02 Å². The molecule has 0 saturated carbocycles. The summed E-state index contributed by atoms with van der Waals surface area (Å²) in [7, 11) is 0. The molecule has 28 heavy (non-hydrogen) atoms. The molecule has 0 aliphatic carbocycles. The second-order valence-electron chi connectivity index (χ2n) is 7.03. The van der Waals surface area contributed by atoms with Crippen LogP contribution in [0, 0.1) is 5.92 Å². The van der Waals surface area contributed by atoms with Gasteiger partial charge < -0.3 is 10.2 Å². The lowest BCUT2D eigenvalue weighted by molar-refractivity contribution is -0.126. The third kappa shape index (κ3) is 3.87. The van der Waals surface area contributed by atoms with Crippen LogP contribution in [0.25, 0.3) is 10.9 Å². The molecule has 6 nitrogen and oxygen atoms in total. The summed E-state index contributed by atoms with van der Waals surface area (Å²) in [6.07, 6.45) is 1.31. The van der Waals surface area contributed by atoms with Gasteiger partial charge in [-0.25, -0.2) is 0 Å². The molecule has 0 radical (unpaired) electrons. The largest absolute Gasteiger partial charge is 0.352 e. The van der Waals surface area contributed by atoms with E-state index in [1.807, 2.05) is 48.5 Å². The summed E-state index contributed by atoms with van der Waals surface area (Å²) in [6.45, 7) is 1.59. The number of nitrogens with one attached hydrogen (secondary N) is 2. The van der Waals surface area contributed by atoms with E-state index in [4.69, 9.17) is 11.6 Å². The number of amides is 2. The summed E-state index contributed by atoms with van der Waals surface area (Å²) in [4.78, 5) is 27.1. The lowest BCUT2D eigenvalue weighted by Crippen LogP contribution is -2.43. The van der Waals surface area contributed by atoms with E-state index in [1.165, 1.54) is 0 Å². The average Bonchev–Trinajstić information content (AvgIpc) is 3.17. The zero-order chi connectivity index (χ0) is 19.5. The molecule has 7 heteroatoms. The molecule has 2 amide bonds. The van der Waals surface area contributed by atoms with E-state index in [1.54, 1.807) is 4.90 Å². The minimum absolute atomic E-state index is 0.0345. The van der Waals surface area contributed by atoms with Gasteiger partial charge in [-0.1, -0.05) is 41.9 Å². The van der Waals surface area contributed by atoms with Crippen LogP contribution in [-0.4, -0.2) is 40.0 Å². The number of nitrogens with zero attached hydrogens (tertiary/aromatic N) is 2. The van der Waals surface area contributed by atoms with E-state index in [0.29, 0.717) is 43.2 Å². The van der Waals surface area contributed by atoms with Crippen LogP contribution in [-0.2, 0) is 11.3 Å². The van der Waals surface area contributed by atoms with Gasteiger partial charge in [-0.15, -0.1) is 0 Å². The first-order valence-corrected chi connectivity index (χ1v) is 9.74. The van der Waals surface area contributed by atoms with E-state index in [0.717, 1.165) is 16.5 Å². The van der Waals surface area contributed by atoms with Crippen molar-refractivity contribution < 1.29 is 9.59 Å². The number of aromatic amines is 1. The Bertz CT molecular complexity index is 991. The van der Waals surface area contributed by atoms with Crippen molar-refractivity contribution in [2.24, 2.45) is 5.92 Å². The van der Waals surface area contributed by atoms with E-state index < -0.39 is 0 Å². The molecule has 0 bridgehead atoms. The number of fused-ring (bicyclic) bond motifs is 1. The first kappa shape index (κ1) is 18.5. The number of halogens is 1. The molecule has 2 heterocycles.